The fourth-order valence-electron chi connectivity index (χ4n) is 2.12. The Hall–Kier alpha value is -2.24. The fourth-order valence-corrected chi connectivity index (χ4v) is 2.12. The van der Waals surface area contributed by atoms with Crippen LogP contribution in [0.25, 0.3) is 0 Å². The molecule has 6 nitrogen and oxygen atoms in total. The second-order valence-electron chi connectivity index (χ2n) is 5.01. The van der Waals surface area contributed by atoms with Crippen molar-refractivity contribution in [1.29, 1.82) is 0 Å². The third kappa shape index (κ3) is 4.38. The predicted molar refractivity (Wildman–Crippen MR) is 82.7 cm³/mol. The highest BCUT2D eigenvalue weighted by molar-refractivity contribution is 5.97. The molecule has 1 amide bonds. The lowest BCUT2D eigenvalue weighted by atomic mass is 10.1. The van der Waals surface area contributed by atoms with Crippen LogP contribution in [0, 0.1) is 6.92 Å². The smallest absolute Gasteiger partial charge is 0.326 e. The molecule has 1 aromatic carbocycles. The summed E-state index contributed by atoms with van der Waals surface area (Å²) in [5.74, 6) is -0.456. The van der Waals surface area contributed by atoms with Crippen LogP contribution in [0.5, 0.6) is 11.5 Å². The Kier molecular flexibility index (Phi) is 6.69. The first kappa shape index (κ1) is 17.8. The van der Waals surface area contributed by atoms with Crippen molar-refractivity contribution in [3.8, 4) is 11.5 Å². The average molecular weight is 309 g/mol. The van der Waals surface area contributed by atoms with Crippen molar-refractivity contribution in [3.63, 3.8) is 0 Å². The van der Waals surface area contributed by atoms with Crippen LogP contribution in [0.1, 0.15) is 42.1 Å². The number of rotatable bonds is 8. The highest BCUT2D eigenvalue weighted by Crippen LogP contribution is 2.29. The Labute approximate surface area is 130 Å². The van der Waals surface area contributed by atoms with E-state index in [1.807, 2.05) is 13.8 Å². The number of hydrogen-bond acceptors (Lipinski definition) is 4. The topological polar surface area (TPSA) is 84.9 Å². The van der Waals surface area contributed by atoms with Crippen molar-refractivity contribution in [3.05, 3.63) is 23.3 Å². The van der Waals surface area contributed by atoms with Crippen LogP contribution in [0.3, 0.4) is 0 Å². The van der Waals surface area contributed by atoms with Crippen LogP contribution in [0.4, 0.5) is 0 Å². The number of aliphatic carboxylic acids is 1. The van der Waals surface area contributed by atoms with Gasteiger partial charge in [-0.05, 0) is 25.5 Å². The minimum atomic E-state index is -1.03. The zero-order valence-electron chi connectivity index (χ0n) is 13.4. The quantitative estimate of drug-likeness (QED) is 0.770. The maximum Gasteiger partial charge on any atom is 0.326 e. The molecule has 0 unspecified atom stereocenters. The predicted octanol–water partition coefficient (Wildman–Crippen LogP) is 2.39. The summed E-state index contributed by atoms with van der Waals surface area (Å²) in [6.07, 6.45) is 2.00. The maximum absolute atomic E-state index is 12.3. The van der Waals surface area contributed by atoms with E-state index in [0.717, 1.165) is 18.4 Å². The van der Waals surface area contributed by atoms with E-state index in [4.69, 9.17) is 9.47 Å². The number of benzene rings is 1. The monoisotopic (exact) mass is 309 g/mol. The van der Waals surface area contributed by atoms with Gasteiger partial charge in [0.1, 0.15) is 17.5 Å². The highest BCUT2D eigenvalue weighted by Gasteiger charge is 2.21. The van der Waals surface area contributed by atoms with Crippen molar-refractivity contribution in [1.82, 2.24) is 5.32 Å². The zero-order valence-corrected chi connectivity index (χ0v) is 13.4. The Morgan fingerprint density at radius 3 is 2.18 bits per heavy atom. The molecule has 6 heteroatoms. The number of carbonyl (C=O) groups is 2. The first-order valence-electron chi connectivity index (χ1n) is 7.20. The zero-order chi connectivity index (χ0) is 16.7. The largest absolute Gasteiger partial charge is 0.496 e. The third-order valence-corrected chi connectivity index (χ3v) is 3.46. The average Bonchev–Trinajstić information content (AvgIpc) is 2.50. The van der Waals surface area contributed by atoms with Gasteiger partial charge in [-0.25, -0.2) is 4.79 Å². The lowest BCUT2D eigenvalue weighted by Crippen LogP contribution is -2.40. The molecule has 0 aromatic heterocycles. The lowest BCUT2D eigenvalue weighted by molar-refractivity contribution is -0.139. The van der Waals surface area contributed by atoms with Gasteiger partial charge >= 0.3 is 5.97 Å². The summed E-state index contributed by atoms with van der Waals surface area (Å²) in [6, 6.07) is 2.25. The summed E-state index contributed by atoms with van der Waals surface area (Å²) in [5.41, 5.74) is 1.09. The standard InChI is InChI=1S/C16H23NO5/c1-5-6-7-12(16(19)20)17-15(18)11-8-13(21-3)10(2)14(9-11)22-4/h8-9,12H,5-7H2,1-4H3,(H,17,18)(H,19,20)/t12-/m0/s1. The highest BCUT2D eigenvalue weighted by atomic mass is 16.5. The van der Waals surface area contributed by atoms with E-state index in [9.17, 15) is 14.7 Å². The van der Waals surface area contributed by atoms with Gasteiger partial charge in [0.25, 0.3) is 5.91 Å². The summed E-state index contributed by atoms with van der Waals surface area (Å²) in [6.45, 7) is 3.79. The van der Waals surface area contributed by atoms with Crippen molar-refractivity contribution < 1.29 is 24.2 Å². The summed E-state index contributed by atoms with van der Waals surface area (Å²) in [5, 5.41) is 11.7. The molecule has 1 atom stereocenters. The molecule has 0 aliphatic rings. The number of nitrogens with one attached hydrogen (secondary N) is 1. The molecule has 1 rings (SSSR count). The Balaban J connectivity index is 2.99. The Morgan fingerprint density at radius 2 is 1.77 bits per heavy atom. The number of methoxy groups -OCH3 is 2. The molecule has 0 saturated carbocycles. The van der Waals surface area contributed by atoms with Gasteiger partial charge in [0.2, 0.25) is 0 Å². The van der Waals surface area contributed by atoms with E-state index < -0.39 is 17.9 Å². The first-order chi connectivity index (χ1) is 10.4. The molecule has 22 heavy (non-hydrogen) atoms. The van der Waals surface area contributed by atoms with Gasteiger partial charge in [-0.15, -0.1) is 0 Å². The summed E-state index contributed by atoms with van der Waals surface area (Å²) < 4.78 is 10.4. The number of ether oxygens (including phenoxy) is 2. The van der Waals surface area contributed by atoms with E-state index in [-0.39, 0.29) is 0 Å². The lowest BCUT2D eigenvalue weighted by Gasteiger charge is -2.16. The van der Waals surface area contributed by atoms with E-state index in [2.05, 4.69) is 5.32 Å². The molecule has 2 N–H and O–H groups in total. The van der Waals surface area contributed by atoms with Crippen molar-refractivity contribution in [2.75, 3.05) is 14.2 Å². The maximum atomic E-state index is 12.3. The molecule has 0 saturated heterocycles. The molecule has 0 aliphatic heterocycles. The summed E-state index contributed by atoms with van der Waals surface area (Å²) >= 11 is 0. The molecule has 0 heterocycles. The van der Waals surface area contributed by atoms with Gasteiger partial charge in [-0.1, -0.05) is 19.8 Å². The molecule has 1 aromatic rings. The third-order valence-electron chi connectivity index (χ3n) is 3.46. The number of hydrogen-bond donors (Lipinski definition) is 2. The van der Waals surface area contributed by atoms with E-state index >= 15 is 0 Å². The van der Waals surface area contributed by atoms with E-state index in [0.29, 0.717) is 23.5 Å². The summed E-state index contributed by atoms with van der Waals surface area (Å²) in [7, 11) is 3.01. The normalized spacial score (nSPS) is 11.6. The van der Waals surface area contributed by atoms with Crippen LogP contribution < -0.4 is 14.8 Å². The van der Waals surface area contributed by atoms with Gasteiger partial charge in [-0.3, -0.25) is 4.79 Å². The first-order valence-corrected chi connectivity index (χ1v) is 7.20. The second-order valence-corrected chi connectivity index (χ2v) is 5.01. The van der Waals surface area contributed by atoms with Gasteiger partial charge in [-0.2, -0.15) is 0 Å². The number of carboxylic acid groups (broad SMARTS) is 1. The van der Waals surface area contributed by atoms with E-state index in [1.165, 1.54) is 14.2 Å². The number of carboxylic acids is 1. The van der Waals surface area contributed by atoms with Crippen molar-refractivity contribution in [2.24, 2.45) is 0 Å². The second kappa shape index (κ2) is 8.26. The molecular formula is C16H23NO5. The van der Waals surface area contributed by atoms with Gasteiger partial charge in [0.05, 0.1) is 14.2 Å². The van der Waals surface area contributed by atoms with Crippen LogP contribution in [-0.4, -0.2) is 37.2 Å². The molecule has 0 radical (unpaired) electrons. The SMILES string of the molecule is CCCC[C@H](NC(=O)c1cc(OC)c(C)c(OC)c1)C(=O)O. The number of unbranched alkanes of at least 4 members (excludes halogenated alkanes) is 1. The van der Waals surface area contributed by atoms with Gasteiger partial charge in [0, 0.05) is 11.1 Å². The number of carbonyl (C=O) groups excluding carboxylic acids is 1. The van der Waals surface area contributed by atoms with Crippen molar-refractivity contribution >= 4 is 11.9 Å². The molecule has 0 spiro atoms. The Morgan fingerprint density at radius 1 is 1.23 bits per heavy atom. The molecule has 0 bridgehead atoms. The van der Waals surface area contributed by atoms with Crippen LogP contribution >= 0.6 is 0 Å². The molecular weight excluding hydrogens is 286 g/mol. The fraction of sp³-hybridized carbons (Fsp3) is 0.500. The van der Waals surface area contributed by atoms with Crippen LogP contribution in [0.2, 0.25) is 0 Å². The van der Waals surface area contributed by atoms with Crippen LogP contribution in [0.15, 0.2) is 12.1 Å². The van der Waals surface area contributed by atoms with Gasteiger partial charge in [0.15, 0.2) is 0 Å². The molecule has 0 fully saturated rings. The summed E-state index contributed by atoms with van der Waals surface area (Å²) in [4.78, 5) is 23.5. The minimum absolute atomic E-state index is 0.307. The minimum Gasteiger partial charge on any atom is -0.496 e. The molecule has 0 aliphatic carbocycles. The van der Waals surface area contributed by atoms with E-state index in [1.54, 1.807) is 12.1 Å². The van der Waals surface area contributed by atoms with Gasteiger partial charge < -0.3 is 19.9 Å². The van der Waals surface area contributed by atoms with Crippen molar-refractivity contribution in [2.45, 2.75) is 39.2 Å². The molecule has 122 valence electrons. The Bertz CT molecular complexity index is 516. The van der Waals surface area contributed by atoms with Crippen LogP contribution in [-0.2, 0) is 4.79 Å². The number of amides is 1.